The van der Waals surface area contributed by atoms with Gasteiger partial charge in [0.2, 0.25) is 0 Å². The van der Waals surface area contributed by atoms with E-state index in [-0.39, 0.29) is 17.7 Å². The fourth-order valence-corrected chi connectivity index (χ4v) is 3.30. The second kappa shape index (κ2) is 12.3. The summed E-state index contributed by atoms with van der Waals surface area (Å²) >= 11 is 3.48. The van der Waals surface area contributed by atoms with Crippen molar-refractivity contribution >= 4 is 27.9 Å². The molecule has 5 heteroatoms. The lowest BCUT2D eigenvalue weighted by Gasteiger charge is -2.10. The summed E-state index contributed by atoms with van der Waals surface area (Å²) in [4.78, 5) is 24.8. The van der Waals surface area contributed by atoms with Crippen molar-refractivity contribution in [2.75, 3.05) is 13.2 Å². The Hall–Kier alpha value is -2.14. The lowest BCUT2D eigenvalue weighted by atomic mass is 10.1. The molecular formula is C23H27BrO4. The highest BCUT2D eigenvalue weighted by Gasteiger charge is 2.19. The Bertz CT molecular complexity index is 773. The zero-order chi connectivity index (χ0) is 20.2. The molecule has 0 radical (unpaired) electrons. The van der Waals surface area contributed by atoms with Crippen molar-refractivity contribution in [2.24, 2.45) is 0 Å². The van der Waals surface area contributed by atoms with Crippen molar-refractivity contribution in [1.82, 2.24) is 0 Å². The van der Waals surface area contributed by atoms with Gasteiger partial charge in [-0.2, -0.15) is 0 Å². The van der Waals surface area contributed by atoms with E-state index in [0.717, 1.165) is 29.3 Å². The first kappa shape index (κ1) is 22.2. The summed E-state index contributed by atoms with van der Waals surface area (Å²) in [5, 5.41) is 0. The highest BCUT2D eigenvalue weighted by atomic mass is 79.9. The SMILES string of the molecule is CCCCCCCOC(=O)c1ccccc1C(=O)OCCc1ccccc1Br. The normalized spacial score (nSPS) is 10.5. The van der Waals surface area contributed by atoms with E-state index >= 15 is 0 Å². The first-order valence-electron chi connectivity index (χ1n) is 9.80. The number of hydrogen-bond acceptors (Lipinski definition) is 4. The summed E-state index contributed by atoms with van der Waals surface area (Å²) in [5.41, 5.74) is 1.55. The van der Waals surface area contributed by atoms with Crippen LogP contribution in [0.15, 0.2) is 53.0 Å². The second-order valence-electron chi connectivity index (χ2n) is 6.57. The second-order valence-corrected chi connectivity index (χ2v) is 7.43. The Kier molecular flexibility index (Phi) is 9.77. The van der Waals surface area contributed by atoms with Gasteiger partial charge in [0.25, 0.3) is 0 Å². The van der Waals surface area contributed by atoms with Crippen LogP contribution in [0.1, 0.15) is 65.3 Å². The molecule has 0 saturated heterocycles. The van der Waals surface area contributed by atoms with Crippen LogP contribution in [0.3, 0.4) is 0 Å². The van der Waals surface area contributed by atoms with Crippen LogP contribution in [0.25, 0.3) is 0 Å². The Balaban J connectivity index is 1.86. The van der Waals surface area contributed by atoms with Gasteiger partial charge in [-0.3, -0.25) is 0 Å². The molecule has 0 atom stereocenters. The van der Waals surface area contributed by atoms with Gasteiger partial charge in [0.1, 0.15) is 0 Å². The molecule has 0 N–H and O–H groups in total. The predicted molar refractivity (Wildman–Crippen MR) is 114 cm³/mol. The van der Waals surface area contributed by atoms with Crippen LogP contribution in [-0.4, -0.2) is 25.2 Å². The van der Waals surface area contributed by atoms with Gasteiger partial charge in [0.05, 0.1) is 24.3 Å². The number of unbranched alkanes of at least 4 members (excludes halogenated alkanes) is 4. The Labute approximate surface area is 175 Å². The monoisotopic (exact) mass is 446 g/mol. The van der Waals surface area contributed by atoms with E-state index in [1.165, 1.54) is 12.8 Å². The average Bonchev–Trinajstić information content (AvgIpc) is 2.71. The van der Waals surface area contributed by atoms with Crippen LogP contribution in [0.4, 0.5) is 0 Å². The zero-order valence-electron chi connectivity index (χ0n) is 16.3. The molecule has 0 aromatic heterocycles. The molecule has 28 heavy (non-hydrogen) atoms. The van der Waals surface area contributed by atoms with Crippen LogP contribution >= 0.6 is 15.9 Å². The molecule has 0 heterocycles. The van der Waals surface area contributed by atoms with Crippen molar-refractivity contribution < 1.29 is 19.1 Å². The highest BCUT2D eigenvalue weighted by Crippen LogP contribution is 2.17. The minimum atomic E-state index is -0.512. The van der Waals surface area contributed by atoms with E-state index in [2.05, 4.69) is 22.9 Å². The molecule has 0 fully saturated rings. The lowest BCUT2D eigenvalue weighted by Crippen LogP contribution is -2.15. The molecule has 150 valence electrons. The summed E-state index contributed by atoms with van der Waals surface area (Å²) in [6.07, 6.45) is 5.99. The maximum absolute atomic E-state index is 12.5. The number of hydrogen-bond donors (Lipinski definition) is 0. The van der Waals surface area contributed by atoms with Gasteiger partial charge >= 0.3 is 11.9 Å². The molecule has 2 aromatic carbocycles. The van der Waals surface area contributed by atoms with Gasteiger partial charge in [0.15, 0.2) is 0 Å². The highest BCUT2D eigenvalue weighted by molar-refractivity contribution is 9.10. The molecule has 0 saturated carbocycles. The number of rotatable bonds is 11. The summed E-state index contributed by atoms with van der Waals surface area (Å²) in [6, 6.07) is 14.4. The van der Waals surface area contributed by atoms with Crippen molar-refractivity contribution in [3.05, 3.63) is 69.7 Å². The lowest BCUT2D eigenvalue weighted by molar-refractivity contribution is 0.0455. The molecule has 2 rings (SSSR count). The first-order chi connectivity index (χ1) is 13.6. The van der Waals surface area contributed by atoms with Crippen molar-refractivity contribution in [2.45, 2.75) is 45.4 Å². The minimum Gasteiger partial charge on any atom is -0.462 e. The summed E-state index contributed by atoms with van der Waals surface area (Å²) < 4.78 is 11.7. The Morgan fingerprint density at radius 1 is 0.786 bits per heavy atom. The van der Waals surface area contributed by atoms with Gasteiger partial charge in [-0.1, -0.05) is 78.9 Å². The Morgan fingerprint density at radius 3 is 2.00 bits per heavy atom. The molecule has 0 bridgehead atoms. The molecule has 4 nitrogen and oxygen atoms in total. The van der Waals surface area contributed by atoms with E-state index in [0.29, 0.717) is 13.0 Å². The number of benzene rings is 2. The molecule has 0 spiro atoms. The van der Waals surface area contributed by atoms with Crippen molar-refractivity contribution in [3.8, 4) is 0 Å². The topological polar surface area (TPSA) is 52.6 Å². The summed E-state index contributed by atoms with van der Waals surface area (Å²) in [5.74, 6) is -0.989. The molecule has 2 aromatic rings. The third-order valence-electron chi connectivity index (χ3n) is 4.41. The standard InChI is InChI=1S/C23H27BrO4/c1-2-3-4-5-10-16-27-22(25)19-12-7-8-13-20(19)23(26)28-17-15-18-11-6-9-14-21(18)24/h6-9,11-14H,2-5,10,15-17H2,1H3. The van der Waals surface area contributed by atoms with E-state index in [1.54, 1.807) is 24.3 Å². The first-order valence-corrected chi connectivity index (χ1v) is 10.6. The predicted octanol–water partition coefficient (Wildman–Crippen LogP) is 5.98. The van der Waals surface area contributed by atoms with E-state index < -0.39 is 11.9 Å². The Morgan fingerprint density at radius 2 is 1.36 bits per heavy atom. The van der Waals surface area contributed by atoms with Crippen LogP contribution < -0.4 is 0 Å². The number of ether oxygens (including phenoxy) is 2. The smallest absolute Gasteiger partial charge is 0.339 e. The number of carbonyl (C=O) groups is 2. The minimum absolute atomic E-state index is 0.238. The zero-order valence-corrected chi connectivity index (χ0v) is 17.9. The fraction of sp³-hybridized carbons (Fsp3) is 0.391. The largest absolute Gasteiger partial charge is 0.462 e. The van der Waals surface area contributed by atoms with Crippen LogP contribution in [-0.2, 0) is 15.9 Å². The van der Waals surface area contributed by atoms with Crippen molar-refractivity contribution in [3.63, 3.8) is 0 Å². The molecule has 0 aliphatic rings. The van der Waals surface area contributed by atoms with Gasteiger partial charge in [-0.05, 0) is 30.2 Å². The van der Waals surface area contributed by atoms with Gasteiger partial charge in [0, 0.05) is 10.9 Å². The number of halogens is 1. The molecular weight excluding hydrogens is 420 g/mol. The van der Waals surface area contributed by atoms with E-state index in [1.807, 2.05) is 24.3 Å². The third kappa shape index (κ3) is 7.12. The van der Waals surface area contributed by atoms with Gasteiger partial charge < -0.3 is 9.47 Å². The molecule has 0 amide bonds. The average molecular weight is 447 g/mol. The maximum atomic E-state index is 12.5. The van der Waals surface area contributed by atoms with Crippen molar-refractivity contribution in [1.29, 1.82) is 0 Å². The number of esters is 2. The fourth-order valence-electron chi connectivity index (χ4n) is 2.82. The van der Waals surface area contributed by atoms with Crippen LogP contribution in [0.2, 0.25) is 0 Å². The summed E-state index contributed by atoms with van der Waals surface area (Å²) in [6.45, 7) is 2.77. The van der Waals surface area contributed by atoms with Crippen LogP contribution in [0.5, 0.6) is 0 Å². The maximum Gasteiger partial charge on any atom is 0.339 e. The number of carbonyl (C=O) groups excluding carboxylic acids is 2. The van der Waals surface area contributed by atoms with Gasteiger partial charge in [-0.15, -0.1) is 0 Å². The van der Waals surface area contributed by atoms with E-state index in [9.17, 15) is 9.59 Å². The van der Waals surface area contributed by atoms with Crippen LogP contribution in [0, 0.1) is 0 Å². The molecule has 0 aliphatic heterocycles. The molecule has 0 unspecified atom stereocenters. The molecule has 0 aliphatic carbocycles. The van der Waals surface area contributed by atoms with E-state index in [4.69, 9.17) is 9.47 Å². The quantitative estimate of drug-likeness (QED) is 0.314. The third-order valence-corrected chi connectivity index (χ3v) is 5.18. The summed E-state index contributed by atoms with van der Waals surface area (Å²) in [7, 11) is 0. The van der Waals surface area contributed by atoms with Gasteiger partial charge in [-0.25, -0.2) is 9.59 Å².